The Kier molecular flexibility index (Phi) is 2.57. The van der Waals surface area contributed by atoms with Gasteiger partial charge >= 0.3 is 0 Å². The van der Waals surface area contributed by atoms with Crippen molar-refractivity contribution in [1.82, 2.24) is 0 Å². The minimum Gasteiger partial charge on any atom is -0.270 e. The molecule has 1 atom stereocenters. The van der Waals surface area contributed by atoms with E-state index >= 15 is 0 Å². The van der Waals surface area contributed by atoms with Gasteiger partial charge in [0, 0.05) is 11.1 Å². The molecule has 0 N–H and O–H groups in total. The van der Waals surface area contributed by atoms with Crippen molar-refractivity contribution in [2.45, 2.75) is 33.1 Å². The van der Waals surface area contributed by atoms with Crippen LogP contribution in [0.25, 0.3) is 0 Å². The molecule has 1 rings (SSSR count). The molecule has 1 unspecified atom stereocenters. The van der Waals surface area contributed by atoms with Gasteiger partial charge < -0.3 is 0 Å². The van der Waals surface area contributed by atoms with Crippen molar-refractivity contribution < 1.29 is 4.79 Å². The standard InChI is InChI=1S/C9H13ClN2O/c1-5-6(10)7(13)12-8(11-5)9(2,3)4/h6H,1-4H3. The lowest BCUT2D eigenvalue weighted by Gasteiger charge is -2.22. The number of aliphatic imine (C=N–C) groups is 2. The highest BCUT2D eigenvalue weighted by atomic mass is 35.5. The minimum absolute atomic E-state index is 0.200. The topological polar surface area (TPSA) is 41.8 Å². The summed E-state index contributed by atoms with van der Waals surface area (Å²) in [5, 5.41) is -0.675. The van der Waals surface area contributed by atoms with Gasteiger partial charge in [0.15, 0.2) is 5.38 Å². The highest BCUT2D eigenvalue weighted by molar-refractivity contribution is 6.44. The molecule has 0 aromatic heterocycles. The van der Waals surface area contributed by atoms with Crippen LogP contribution in [0.4, 0.5) is 0 Å². The predicted molar refractivity (Wildman–Crippen MR) is 54.6 cm³/mol. The van der Waals surface area contributed by atoms with Gasteiger partial charge in [-0.1, -0.05) is 20.8 Å². The van der Waals surface area contributed by atoms with Crippen molar-refractivity contribution in [2.24, 2.45) is 15.4 Å². The Labute approximate surface area is 82.9 Å². The van der Waals surface area contributed by atoms with Gasteiger partial charge in [-0.3, -0.25) is 4.79 Å². The molecule has 0 spiro atoms. The Hall–Kier alpha value is -0.700. The van der Waals surface area contributed by atoms with Crippen LogP contribution in [-0.2, 0) is 4.79 Å². The zero-order valence-electron chi connectivity index (χ0n) is 8.26. The number of carbonyl (C=O) groups is 1. The van der Waals surface area contributed by atoms with Crippen LogP contribution in [0.2, 0.25) is 0 Å². The van der Waals surface area contributed by atoms with Crippen molar-refractivity contribution in [2.75, 3.05) is 0 Å². The summed E-state index contributed by atoms with van der Waals surface area (Å²) in [6.07, 6.45) is 0. The molecule has 1 aliphatic rings. The monoisotopic (exact) mass is 200 g/mol. The van der Waals surface area contributed by atoms with E-state index < -0.39 is 5.38 Å². The molecule has 13 heavy (non-hydrogen) atoms. The van der Waals surface area contributed by atoms with E-state index in [2.05, 4.69) is 9.98 Å². The fourth-order valence-electron chi connectivity index (χ4n) is 0.924. The molecule has 1 aliphatic heterocycles. The van der Waals surface area contributed by atoms with E-state index in [9.17, 15) is 4.79 Å². The van der Waals surface area contributed by atoms with Crippen LogP contribution in [0, 0.1) is 5.41 Å². The summed E-state index contributed by atoms with van der Waals surface area (Å²) in [4.78, 5) is 19.3. The number of amidine groups is 1. The molecule has 0 aromatic carbocycles. The second-order valence-corrected chi connectivity index (χ2v) is 4.58. The highest BCUT2D eigenvalue weighted by Gasteiger charge is 2.28. The Balaban J connectivity index is 3.05. The second-order valence-electron chi connectivity index (χ2n) is 4.14. The maximum Gasteiger partial charge on any atom is 0.271 e. The maximum absolute atomic E-state index is 11.3. The summed E-state index contributed by atoms with van der Waals surface area (Å²) in [7, 11) is 0. The number of halogens is 1. The van der Waals surface area contributed by atoms with Crippen LogP contribution in [0.15, 0.2) is 9.98 Å². The van der Waals surface area contributed by atoms with E-state index in [1.165, 1.54) is 0 Å². The Morgan fingerprint density at radius 2 is 1.85 bits per heavy atom. The third-order valence-corrected chi connectivity index (χ3v) is 2.26. The Morgan fingerprint density at radius 1 is 1.31 bits per heavy atom. The summed E-state index contributed by atoms with van der Waals surface area (Å²) in [5.41, 5.74) is 0.431. The van der Waals surface area contributed by atoms with Gasteiger partial charge in [-0.2, -0.15) is 4.99 Å². The quantitative estimate of drug-likeness (QED) is 0.552. The molecule has 1 heterocycles. The number of alkyl halides is 1. The smallest absolute Gasteiger partial charge is 0.270 e. The molecule has 0 fully saturated rings. The molecule has 3 nitrogen and oxygen atoms in total. The molecule has 0 bridgehead atoms. The van der Waals surface area contributed by atoms with Gasteiger partial charge in [-0.05, 0) is 6.92 Å². The fourth-order valence-corrected chi connectivity index (χ4v) is 1.02. The van der Waals surface area contributed by atoms with Gasteiger partial charge in [0.25, 0.3) is 5.91 Å². The molecule has 0 saturated heterocycles. The van der Waals surface area contributed by atoms with Crippen molar-refractivity contribution in [1.29, 1.82) is 0 Å². The van der Waals surface area contributed by atoms with Gasteiger partial charge in [-0.25, -0.2) is 4.99 Å². The van der Waals surface area contributed by atoms with E-state index in [4.69, 9.17) is 11.6 Å². The van der Waals surface area contributed by atoms with Crippen LogP contribution in [0.1, 0.15) is 27.7 Å². The number of rotatable bonds is 0. The van der Waals surface area contributed by atoms with Gasteiger partial charge in [-0.15, -0.1) is 11.6 Å². The molecule has 0 aliphatic carbocycles. The van der Waals surface area contributed by atoms with E-state index in [1.54, 1.807) is 6.92 Å². The average Bonchev–Trinajstić information content (AvgIpc) is 1.97. The van der Waals surface area contributed by atoms with Crippen molar-refractivity contribution in [3.8, 4) is 0 Å². The van der Waals surface area contributed by atoms with Crippen molar-refractivity contribution >= 4 is 29.1 Å². The van der Waals surface area contributed by atoms with Crippen LogP contribution in [0.5, 0.6) is 0 Å². The number of hydrogen-bond donors (Lipinski definition) is 0. The van der Waals surface area contributed by atoms with E-state index in [0.29, 0.717) is 11.5 Å². The van der Waals surface area contributed by atoms with E-state index in [1.807, 2.05) is 20.8 Å². The summed E-state index contributed by atoms with van der Waals surface area (Å²) in [6, 6.07) is 0. The fraction of sp³-hybridized carbons (Fsp3) is 0.667. The normalized spacial score (nSPS) is 24.1. The molecule has 0 radical (unpaired) electrons. The summed E-state index contributed by atoms with van der Waals surface area (Å²) in [6.45, 7) is 7.63. The third kappa shape index (κ3) is 2.15. The van der Waals surface area contributed by atoms with Gasteiger partial charge in [0.2, 0.25) is 0 Å². The number of carbonyl (C=O) groups excluding carboxylic acids is 1. The number of nitrogens with zero attached hydrogens (tertiary/aromatic N) is 2. The van der Waals surface area contributed by atoms with Gasteiger partial charge in [0.05, 0.1) is 0 Å². The van der Waals surface area contributed by atoms with Crippen molar-refractivity contribution in [3.05, 3.63) is 0 Å². The lowest BCUT2D eigenvalue weighted by atomic mass is 9.94. The molecule has 0 aromatic rings. The summed E-state index contributed by atoms with van der Waals surface area (Å²) >= 11 is 5.75. The Bertz CT molecular complexity index is 299. The van der Waals surface area contributed by atoms with Gasteiger partial charge in [0.1, 0.15) is 5.84 Å². The molecule has 4 heteroatoms. The molecular weight excluding hydrogens is 188 g/mol. The number of amides is 1. The highest BCUT2D eigenvalue weighted by Crippen LogP contribution is 2.21. The van der Waals surface area contributed by atoms with Crippen LogP contribution in [0.3, 0.4) is 0 Å². The second kappa shape index (κ2) is 3.22. The number of hydrogen-bond acceptors (Lipinski definition) is 2. The first kappa shape index (κ1) is 10.4. The summed E-state index contributed by atoms with van der Waals surface area (Å²) < 4.78 is 0. The minimum atomic E-state index is -0.675. The molecule has 72 valence electrons. The zero-order chi connectivity index (χ0) is 10.2. The van der Waals surface area contributed by atoms with E-state index in [0.717, 1.165) is 0 Å². The first-order valence-corrected chi connectivity index (χ1v) is 4.58. The van der Waals surface area contributed by atoms with Crippen LogP contribution in [-0.4, -0.2) is 22.8 Å². The lowest BCUT2D eigenvalue weighted by Crippen LogP contribution is -2.32. The van der Waals surface area contributed by atoms with Crippen molar-refractivity contribution in [3.63, 3.8) is 0 Å². The van der Waals surface area contributed by atoms with Crippen LogP contribution < -0.4 is 0 Å². The first-order valence-electron chi connectivity index (χ1n) is 4.14. The Morgan fingerprint density at radius 3 is 2.23 bits per heavy atom. The van der Waals surface area contributed by atoms with E-state index in [-0.39, 0.29) is 11.3 Å². The zero-order valence-corrected chi connectivity index (χ0v) is 9.01. The molecule has 1 amide bonds. The lowest BCUT2D eigenvalue weighted by molar-refractivity contribution is -0.116. The molecule has 0 saturated carbocycles. The maximum atomic E-state index is 11.3. The first-order chi connectivity index (χ1) is 5.82. The van der Waals surface area contributed by atoms with Crippen LogP contribution >= 0.6 is 11.6 Å². The largest absolute Gasteiger partial charge is 0.271 e. The third-order valence-electron chi connectivity index (χ3n) is 1.75. The SMILES string of the molecule is CC1=NC(C(C)(C)C)=NC(=O)C1Cl. The summed E-state index contributed by atoms with van der Waals surface area (Å²) in [5.74, 6) is 0.256. The average molecular weight is 201 g/mol. The molecular formula is C9H13ClN2O. The predicted octanol–water partition coefficient (Wildman–Crippen LogP) is 2.04.